The van der Waals surface area contributed by atoms with Gasteiger partial charge in [0, 0.05) is 36.9 Å². The first-order chi connectivity index (χ1) is 12.7. The first-order valence-electron chi connectivity index (χ1n) is 9.42. The summed E-state index contributed by atoms with van der Waals surface area (Å²) in [7, 11) is 0. The predicted octanol–water partition coefficient (Wildman–Crippen LogP) is 4.05. The zero-order chi connectivity index (χ0) is 17.9. The number of benzene rings is 2. The minimum Gasteiger partial charge on any atom is -0.397 e. The fourth-order valence-electron chi connectivity index (χ4n) is 3.54. The quantitative estimate of drug-likeness (QED) is 0.675. The van der Waals surface area contributed by atoms with Gasteiger partial charge in [-0.2, -0.15) is 0 Å². The number of carbonyl (C=O) groups is 1. The minimum absolute atomic E-state index is 0. The molecule has 2 aliphatic rings. The molecule has 1 saturated carbocycles. The second kappa shape index (κ2) is 8.44. The Balaban J connectivity index is 0.00000210. The molecule has 1 amide bonds. The van der Waals surface area contributed by atoms with Crippen molar-refractivity contribution < 1.29 is 4.79 Å². The molecule has 0 spiro atoms. The van der Waals surface area contributed by atoms with E-state index >= 15 is 0 Å². The van der Waals surface area contributed by atoms with Crippen LogP contribution in [0.4, 0.5) is 17.1 Å². The van der Waals surface area contributed by atoms with E-state index in [0.29, 0.717) is 23.0 Å². The lowest BCUT2D eigenvalue weighted by atomic mass is 10.1. The summed E-state index contributed by atoms with van der Waals surface area (Å²) in [4.78, 5) is 15.0. The van der Waals surface area contributed by atoms with Crippen LogP contribution in [0.15, 0.2) is 48.5 Å². The smallest absolute Gasteiger partial charge is 0.255 e. The molecule has 4 rings (SSSR count). The van der Waals surface area contributed by atoms with E-state index in [2.05, 4.69) is 15.5 Å². The van der Waals surface area contributed by atoms with Crippen molar-refractivity contribution in [1.82, 2.24) is 4.90 Å². The number of likely N-dealkylation sites (tertiary alicyclic amines) is 1. The van der Waals surface area contributed by atoms with Crippen molar-refractivity contribution in [2.24, 2.45) is 5.92 Å². The van der Waals surface area contributed by atoms with Crippen LogP contribution in [0, 0.1) is 5.92 Å². The number of nitrogens with zero attached hydrogens (tertiary/aromatic N) is 1. The number of hydrogen-bond donors (Lipinski definition) is 3. The summed E-state index contributed by atoms with van der Waals surface area (Å²) in [6.45, 7) is 3.57. The maximum atomic E-state index is 12.4. The number of nitrogen functional groups attached to an aromatic ring is 1. The highest BCUT2D eigenvalue weighted by Gasteiger charge is 2.29. The van der Waals surface area contributed by atoms with Crippen LogP contribution in [-0.2, 0) is 0 Å². The van der Waals surface area contributed by atoms with Gasteiger partial charge in [-0.3, -0.25) is 4.79 Å². The van der Waals surface area contributed by atoms with Crippen LogP contribution >= 0.6 is 0 Å². The van der Waals surface area contributed by atoms with Crippen molar-refractivity contribution in [2.75, 3.05) is 36.0 Å². The lowest BCUT2D eigenvalue weighted by Crippen LogP contribution is -2.27. The molecule has 27 heavy (non-hydrogen) atoms. The lowest BCUT2D eigenvalue weighted by Gasteiger charge is -2.17. The maximum Gasteiger partial charge on any atom is 0.255 e. The van der Waals surface area contributed by atoms with E-state index in [0.717, 1.165) is 18.2 Å². The average Bonchev–Trinajstić information content (AvgIpc) is 3.35. The summed E-state index contributed by atoms with van der Waals surface area (Å²) >= 11 is 0. The standard InChI is InChI=1S/C21H26N4O.CH4/c22-19-3-1-2-4-20(19)24-21(26)16-7-9-17(10-8-16)23-18-11-12-25(14-18)13-15-5-6-15;/h1-4,7-10,15,18,23H,5-6,11-14,22H2,(H,24,26);1H4/t18-;/m0./s1. The first-order valence-corrected chi connectivity index (χ1v) is 9.42. The summed E-state index contributed by atoms with van der Waals surface area (Å²) in [5, 5.41) is 6.45. The lowest BCUT2D eigenvalue weighted by molar-refractivity contribution is 0.102. The van der Waals surface area contributed by atoms with Gasteiger partial charge in [-0.05, 0) is 61.6 Å². The third-order valence-electron chi connectivity index (χ3n) is 5.21. The summed E-state index contributed by atoms with van der Waals surface area (Å²) < 4.78 is 0. The van der Waals surface area contributed by atoms with Gasteiger partial charge in [-0.15, -0.1) is 0 Å². The van der Waals surface area contributed by atoms with E-state index in [9.17, 15) is 4.79 Å². The normalized spacial score (nSPS) is 19.3. The summed E-state index contributed by atoms with van der Waals surface area (Å²) in [6.07, 6.45) is 4.00. The molecule has 2 aromatic carbocycles. The van der Waals surface area contributed by atoms with Crippen LogP contribution < -0.4 is 16.4 Å². The molecule has 5 heteroatoms. The second-order valence-electron chi connectivity index (χ2n) is 7.45. The van der Waals surface area contributed by atoms with E-state index in [1.165, 1.54) is 32.4 Å². The van der Waals surface area contributed by atoms with Crippen molar-refractivity contribution in [1.29, 1.82) is 0 Å². The van der Waals surface area contributed by atoms with Crippen molar-refractivity contribution in [3.63, 3.8) is 0 Å². The molecule has 0 radical (unpaired) electrons. The van der Waals surface area contributed by atoms with E-state index in [4.69, 9.17) is 5.73 Å². The van der Waals surface area contributed by atoms with Crippen LogP contribution in [0.5, 0.6) is 0 Å². The van der Waals surface area contributed by atoms with E-state index in [1.54, 1.807) is 12.1 Å². The number of amides is 1. The summed E-state index contributed by atoms with van der Waals surface area (Å²) in [6, 6.07) is 15.4. The van der Waals surface area contributed by atoms with Crippen molar-refractivity contribution >= 4 is 23.0 Å². The minimum atomic E-state index is -0.147. The van der Waals surface area contributed by atoms with Gasteiger partial charge in [0.1, 0.15) is 0 Å². The van der Waals surface area contributed by atoms with Crippen molar-refractivity contribution in [2.45, 2.75) is 32.7 Å². The molecular weight excluding hydrogens is 336 g/mol. The molecule has 1 atom stereocenters. The molecule has 0 unspecified atom stereocenters. The molecule has 4 N–H and O–H groups in total. The molecule has 1 heterocycles. The molecular formula is C22H30N4O. The number of nitrogens with two attached hydrogens (primary N) is 1. The van der Waals surface area contributed by atoms with Crippen LogP contribution in [0.3, 0.4) is 0 Å². The van der Waals surface area contributed by atoms with Crippen LogP contribution in [0.1, 0.15) is 37.0 Å². The highest BCUT2D eigenvalue weighted by molar-refractivity contribution is 6.05. The zero-order valence-corrected chi connectivity index (χ0v) is 14.9. The van der Waals surface area contributed by atoms with E-state index in [-0.39, 0.29) is 13.3 Å². The van der Waals surface area contributed by atoms with Crippen molar-refractivity contribution in [3.05, 3.63) is 54.1 Å². The molecule has 1 aliphatic heterocycles. The molecule has 2 fully saturated rings. The SMILES string of the molecule is C.Nc1ccccc1NC(=O)c1ccc(N[C@H]2CCN(CC3CC3)C2)cc1. The molecule has 1 aliphatic carbocycles. The Labute approximate surface area is 161 Å². The Bertz CT molecular complexity index is 770. The topological polar surface area (TPSA) is 70.4 Å². The number of hydrogen-bond acceptors (Lipinski definition) is 4. The summed E-state index contributed by atoms with van der Waals surface area (Å²) in [5.41, 5.74) is 8.78. The predicted molar refractivity (Wildman–Crippen MR) is 113 cm³/mol. The van der Waals surface area contributed by atoms with Gasteiger partial charge in [0.05, 0.1) is 11.4 Å². The van der Waals surface area contributed by atoms with Gasteiger partial charge in [0.2, 0.25) is 0 Å². The number of anilines is 3. The largest absolute Gasteiger partial charge is 0.397 e. The third-order valence-corrected chi connectivity index (χ3v) is 5.21. The molecule has 0 bridgehead atoms. The van der Waals surface area contributed by atoms with Crippen LogP contribution in [-0.4, -0.2) is 36.5 Å². The molecule has 144 valence electrons. The Kier molecular flexibility index (Phi) is 6.01. The molecule has 0 aromatic heterocycles. The molecule has 1 saturated heterocycles. The number of nitrogens with one attached hydrogen (secondary N) is 2. The molecule has 5 nitrogen and oxygen atoms in total. The fraction of sp³-hybridized carbons (Fsp3) is 0.409. The highest BCUT2D eigenvalue weighted by atomic mass is 16.1. The average molecular weight is 367 g/mol. The van der Waals surface area contributed by atoms with Gasteiger partial charge in [0.15, 0.2) is 0 Å². The van der Waals surface area contributed by atoms with Crippen molar-refractivity contribution in [3.8, 4) is 0 Å². The van der Waals surface area contributed by atoms with Gasteiger partial charge >= 0.3 is 0 Å². The first kappa shape index (κ1) is 19.2. The van der Waals surface area contributed by atoms with Gasteiger partial charge < -0.3 is 21.3 Å². The van der Waals surface area contributed by atoms with Gasteiger partial charge in [-0.1, -0.05) is 19.6 Å². The fourth-order valence-corrected chi connectivity index (χ4v) is 3.54. The van der Waals surface area contributed by atoms with E-state index in [1.807, 2.05) is 36.4 Å². The monoisotopic (exact) mass is 366 g/mol. The van der Waals surface area contributed by atoms with Crippen LogP contribution in [0.25, 0.3) is 0 Å². The Hall–Kier alpha value is -2.53. The zero-order valence-electron chi connectivity index (χ0n) is 14.9. The highest BCUT2D eigenvalue weighted by Crippen LogP contribution is 2.31. The Morgan fingerprint density at radius 3 is 2.52 bits per heavy atom. The Morgan fingerprint density at radius 2 is 1.81 bits per heavy atom. The number of rotatable bonds is 6. The second-order valence-corrected chi connectivity index (χ2v) is 7.45. The number of carbonyl (C=O) groups excluding carboxylic acids is 1. The number of para-hydroxylation sites is 2. The van der Waals surface area contributed by atoms with E-state index < -0.39 is 0 Å². The summed E-state index contributed by atoms with van der Waals surface area (Å²) in [5.74, 6) is 0.802. The Morgan fingerprint density at radius 1 is 1.07 bits per heavy atom. The van der Waals surface area contributed by atoms with Gasteiger partial charge in [0.25, 0.3) is 5.91 Å². The maximum absolute atomic E-state index is 12.4. The molecule has 2 aromatic rings. The van der Waals surface area contributed by atoms with Crippen LogP contribution in [0.2, 0.25) is 0 Å². The third kappa shape index (κ3) is 5.01. The van der Waals surface area contributed by atoms with Gasteiger partial charge in [-0.25, -0.2) is 0 Å².